The van der Waals surface area contributed by atoms with E-state index in [1.54, 1.807) is 17.0 Å². The van der Waals surface area contributed by atoms with Crippen molar-refractivity contribution < 1.29 is 0 Å². The second-order valence-corrected chi connectivity index (χ2v) is 8.44. The van der Waals surface area contributed by atoms with E-state index in [4.69, 9.17) is 0 Å². The number of aromatic nitrogens is 4. The Hall–Kier alpha value is -2.49. The molecule has 9 heteroatoms. The highest BCUT2D eigenvalue weighted by atomic mass is 16.2. The van der Waals surface area contributed by atoms with Crippen molar-refractivity contribution in [3.05, 3.63) is 39.3 Å². The van der Waals surface area contributed by atoms with Crippen LogP contribution in [0.1, 0.15) is 31.7 Å². The molecule has 0 aliphatic carbocycles. The molecule has 160 valence electrons. The third kappa shape index (κ3) is 3.68. The van der Waals surface area contributed by atoms with E-state index < -0.39 is 0 Å². The van der Waals surface area contributed by atoms with Gasteiger partial charge in [0.1, 0.15) is 5.65 Å². The Bertz CT molecular complexity index is 1130. The zero-order valence-corrected chi connectivity index (χ0v) is 17.1. The topological polar surface area (TPSA) is 111 Å². The van der Waals surface area contributed by atoms with Crippen LogP contribution in [0.4, 0.5) is 0 Å². The summed E-state index contributed by atoms with van der Waals surface area (Å²) < 4.78 is 1.79. The number of pyridine rings is 1. The highest BCUT2D eigenvalue weighted by Gasteiger charge is 2.24. The second kappa shape index (κ2) is 8.33. The van der Waals surface area contributed by atoms with Crippen molar-refractivity contribution in [1.82, 2.24) is 35.1 Å². The molecule has 3 aromatic rings. The third-order valence-electron chi connectivity index (χ3n) is 6.61. The van der Waals surface area contributed by atoms with Crippen LogP contribution in [-0.2, 0) is 0 Å². The van der Waals surface area contributed by atoms with Gasteiger partial charge in [0.2, 0.25) is 0 Å². The first-order valence-corrected chi connectivity index (χ1v) is 11.0. The molecule has 0 radical (unpaired) electrons. The summed E-state index contributed by atoms with van der Waals surface area (Å²) in [4.78, 5) is 37.5. The summed E-state index contributed by atoms with van der Waals surface area (Å²) >= 11 is 0. The van der Waals surface area contributed by atoms with Gasteiger partial charge in [-0.3, -0.25) is 14.3 Å². The molecule has 0 amide bonds. The molecule has 2 fully saturated rings. The minimum atomic E-state index is -0.372. The Morgan fingerprint density at radius 3 is 2.70 bits per heavy atom. The normalized spacial score (nSPS) is 19.7. The van der Waals surface area contributed by atoms with Crippen molar-refractivity contribution in [2.75, 3.05) is 39.3 Å². The van der Waals surface area contributed by atoms with Crippen molar-refractivity contribution in [3.63, 3.8) is 0 Å². The minimum Gasteiger partial charge on any atom is -0.346 e. The lowest BCUT2D eigenvalue weighted by Gasteiger charge is -2.34. The van der Waals surface area contributed by atoms with E-state index in [-0.39, 0.29) is 17.3 Å². The number of aromatic amines is 2. The standard InChI is InChI=1S/C21H29N7O2/c29-20-17-13-25-19-16(3-8-24-19)18(17)28(21(30)26-20)15-4-10-27(11-5-15)12-9-23-14-1-6-22-7-2-14/h3,8,13-15,22-23H,1-2,4-7,9-12H2,(H,24,25)(H,26,29,30). The molecule has 0 saturated carbocycles. The fraction of sp³-hybridized carbons (Fsp3) is 0.571. The number of hydrogen-bond donors (Lipinski definition) is 4. The maximum atomic E-state index is 12.8. The molecule has 0 atom stereocenters. The van der Waals surface area contributed by atoms with Crippen molar-refractivity contribution in [2.45, 2.75) is 37.8 Å². The predicted octanol–water partition coefficient (Wildman–Crippen LogP) is 0.545. The van der Waals surface area contributed by atoms with Crippen molar-refractivity contribution in [3.8, 4) is 0 Å². The number of hydrogen-bond acceptors (Lipinski definition) is 6. The molecule has 3 aromatic heterocycles. The van der Waals surface area contributed by atoms with Gasteiger partial charge in [0, 0.05) is 56.0 Å². The van der Waals surface area contributed by atoms with E-state index in [0.29, 0.717) is 22.6 Å². The molecule has 2 aliphatic heterocycles. The molecule has 0 aromatic carbocycles. The van der Waals surface area contributed by atoms with Crippen LogP contribution < -0.4 is 21.9 Å². The van der Waals surface area contributed by atoms with Crippen molar-refractivity contribution in [2.24, 2.45) is 0 Å². The Balaban J connectivity index is 1.31. The van der Waals surface area contributed by atoms with E-state index in [2.05, 4.69) is 30.5 Å². The van der Waals surface area contributed by atoms with Gasteiger partial charge >= 0.3 is 5.69 Å². The van der Waals surface area contributed by atoms with Crippen LogP contribution in [0.3, 0.4) is 0 Å². The van der Waals surface area contributed by atoms with Gasteiger partial charge in [-0.1, -0.05) is 0 Å². The number of fused-ring (bicyclic) bond motifs is 3. The third-order valence-corrected chi connectivity index (χ3v) is 6.61. The van der Waals surface area contributed by atoms with Crippen LogP contribution in [-0.4, -0.2) is 69.7 Å². The van der Waals surface area contributed by atoms with Gasteiger partial charge in [0.25, 0.3) is 5.56 Å². The van der Waals surface area contributed by atoms with Crippen LogP contribution in [0.5, 0.6) is 0 Å². The lowest BCUT2D eigenvalue weighted by molar-refractivity contribution is 0.183. The molecule has 0 unspecified atom stereocenters. The first-order valence-electron chi connectivity index (χ1n) is 11.0. The van der Waals surface area contributed by atoms with Gasteiger partial charge in [0.05, 0.1) is 10.9 Å². The van der Waals surface area contributed by atoms with Gasteiger partial charge in [-0.05, 0) is 44.8 Å². The molecular formula is C21H29N7O2. The van der Waals surface area contributed by atoms with Crippen LogP contribution >= 0.6 is 0 Å². The summed E-state index contributed by atoms with van der Waals surface area (Å²) in [5.41, 5.74) is 0.694. The average molecular weight is 412 g/mol. The predicted molar refractivity (Wildman–Crippen MR) is 117 cm³/mol. The van der Waals surface area contributed by atoms with Gasteiger partial charge in [-0.15, -0.1) is 0 Å². The fourth-order valence-electron chi connectivity index (χ4n) is 4.95. The van der Waals surface area contributed by atoms with E-state index in [9.17, 15) is 9.59 Å². The summed E-state index contributed by atoms with van der Waals surface area (Å²) in [5.74, 6) is 0. The lowest BCUT2D eigenvalue weighted by Crippen LogP contribution is -2.45. The molecule has 9 nitrogen and oxygen atoms in total. The zero-order chi connectivity index (χ0) is 20.5. The van der Waals surface area contributed by atoms with E-state index in [1.165, 1.54) is 12.8 Å². The molecule has 5 rings (SSSR count). The van der Waals surface area contributed by atoms with E-state index in [0.717, 1.165) is 57.5 Å². The van der Waals surface area contributed by atoms with Gasteiger partial charge < -0.3 is 20.5 Å². The highest BCUT2D eigenvalue weighted by Crippen LogP contribution is 2.27. The zero-order valence-electron chi connectivity index (χ0n) is 17.1. The van der Waals surface area contributed by atoms with E-state index >= 15 is 0 Å². The van der Waals surface area contributed by atoms with Crippen LogP contribution in [0.25, 0.3) is 21.9 Å². The minimum absolute atomic E-state index is 0.0750. The molecule has 30 heavy (non-hydrogen) atoms. The number of rotatable bonds is 5. The Morgan fingerprint density at radius 2 is 1.90 bits per heavy atom. The molecule has 0 bridgehead atoms. The van der Waals surface area contributed by atoms with E-state index in [1.807, 2.05) is 6.07 Å². The molecule has 0 spiro atoms. The second-order valence-electron chi connectivity index (χ2n) is 8.44. The largest absolute Gasteiger partial charge is 0.346 e. The van der Waals surface area contributed by atoms with Crippen LogP contribution in [0.15, 0.2) is 28.0 Å². The van der Waals surface area contributed by atoms with Crippen molar-refractivity contribution in [1.29, 1.82) is 0 Å². The first kappa shape index (κ1) is 19.5. The monoisotopic (exact) mass is 411 g/mol. The molecule has 4 N–H and O–H groups in total. The molecular weight excluding hydrogens is 382 g/mol. The first-order chi connectivity index (χ1) is 14.7. The van der Waals surface area contributed by atoms with Gasteiger partial charge in [-0.2, -0.15) is 0 Å². The molecule has 2 saturated heterocycles. The van der Waals surface area contributed by atoms with Crippen LogP contribution in [0.2, 0.25) is 0 Å². The maximum absolute atomic E-state index is 12.8. The van der Waals surface area contributed by atoms with Gasteiger partial charge in [-0.25, -0.2) is 9.78 Å². The number of nitrogens with zero attached hydrogens (tertiary/aromatic N) is 3. The van der Waals surface area contributed by atoms with Gasteiger partial charge in [0.15, 0.2) is 0 Å². The number of likely N-dealkylation sites (tertiary alicyclic amines) is 1. The van der Waals surface area contributed by atoms with Crippen LogP contribution in [0, 0.1) is 0 Å². The fourth-order valence-corrected chi connectivity index (χ4v) is 4.95. The summed E-state index contributed by atoms with van der Waals surface area (Å²) in [6, 6.07) is 2.60. The highest BCUT2D eigenvalue weighted by molar-refractivity contribution is 6.01. The Labute approximate surface area is 173 Å². The lowest BCUT2D eigenvalue weighted by atomic mass is 10.0. The number of H-pyrrole nitrogens is 2. The quantitative estimate of drug-likeness (QED) is 0.488. The summed E-state index contributed by atoms with van der Waals surface area (Å²) in [6.07, 6.45) is 7.54. The Morgan fingerprint density at radius 1 is 1.10 bits per heavy atom. The van der Waals surface area contributed by atoms with Crippen molar-refractivity contribution >= 4 is 21.9 Å². The smallest absolute Gasteiger partial charge is 0.329 e. The summed E-state index contributed by atoms with van der Waals surface area (Å²) in [6.45, 7) is 6.15. The SMILES string of the molecule is O=c1[nH]c(=O)n(C2CCN(CCNC3CCNCC3)CC2)c2c1cnc1[nH]ccc12. The number of nitrogens with one attached hydrogen (secondary N) is 4. The average Bonchev–Trinajstić information content (AvgIpc) is 3.25. The summed E-state index contributed by atoms with van der Waals surface area (Å²) in [5, 5.41) is 8.37. The summed E-state index contributed by atoms with van der Waals surface area (Å²) in [7, 11) is 0. The number of piperidine rings is 2. The molecule has 2 aliphatic rings. The maximum Gasteiger partial charge on any atom is 0.329 e. The Kier molecular flexibility index (Phi) is 5.41. The molecule has 5 heterocycles.